The maximum absolute atomic E-state index is 5.80. The molecule has 28 heavy (non-hydrogen) atoms. The summed E-state index contributed by atoms with van der Waals surface area (Å²) in [7, 11) is 1.98. The van der Waals surface area contributed by atoms with E-state index in [2.05, 4.69) is 36.4 Å². The zero-order chi connectivity index (χ0) is 19.4. The van der Waals surface area contributed by atoms with Gasteiger partial charge >= 0.3 is 171 Å². The van der Waals surface area contributed by atoms with Gasteiger partial charge in [-0.05, 0) is 0 Å². The summed E-state index contributed by atoms with van der Waals surface area (Å²) in [5.74, 6) is 1.85. The molecule has 0 unspecified atom stereocenters. The van der Waals surface area contributed by atoms with E-state index < -0.39 is 7.26 Å². The van der Waals surface area contributed by atoms with Gasteiger partial charge < -0.3 is 0 Å². The van der Waals surface area contributed by atoms with Crippen molar-refractivity contribution >= 4 is 12.6 Å². The van der Waals surface area contributed by atoms with Crippen molar-refractivity contribution in [3.63, 3.8) is 0 Å². The average molecular weight is 399 g/mol. The number of benzene rings is 2. The van der Waals surface area contributed by atoms with Crippen molar-refractivity contribution in [1.82, 2.24) is 0 Å². The predicted molar refractivity (Wildman–Crippen MR) is 123 cm³/mol. The van der Waals surface area contributed by atoms with Crippen molar-refractivity contribution in [3.05, 3.63) is 42.5 Å². The molecule has 0 radical (unpaired) electrons. The fraction of sp³-hybridized carbons (Fsp3) is 0.520. The second-order valence-electron chi connectivity index (χ2n) is 8.63. The molecule has 4 rings (SSSR count). The molecule has 0 atom stereocenters. The van der Waals surface area contributed by atoms with Gasteiger partial charge in [0, 0.05) is 0 Å². The Hall–Kier alpha value is -1.53. The molecule has 0 amide bonds. The topological polar surface area (TPSA) is 18.5 Å². The number of hydrogen-bond acceptors (Lipinski definition) is 2. The summed E-state index contributed by atoms with van der Waals surface area (Å²) in [5.41, 5.74) is 3.47. The monoisotopic (exact) mass is 398 g/mol. The molecule has 1 saturated heterocycles. The molecule has 2 fully saturated rings. The van der Waals surface area contributed by atoms with Crippen LogP contribution in [0.15, 0.2) is 42.5 Å². The van der Waals surface area contributed by atoms with Gasteiger partial charge in [0.2, 0.25) is 0 Å². The Morgan fingerprint density at radius 2 is 1.32 bits per heavy atom. The van der Waals surface area contributed by atoms with Gasteiger partial charge in [-0.2, -0.15) is 0 Å². The zero-order valence-corrected chi connectivity index (χ0v) is 18.5. The predicted octanol–water partition coefficient (Wildman–Crippen LogP) is 6.26. The molecular weight excluding hydrogens is 363 g/mol. The number of methoxy groups -OCH3 is 2. The van der Waals surface area contributed by atoms with E-state index in [9.17, 15) is 0 Å². The van der Waals surface area contributed by atoms with Gasteiger partial charge in [0.15, 0.2) is 0 Å². The molecule has 0 spiro atoms. The summed E-state index contributed by atoms with van der Waals surface area (Å²) in [6.07, 6.45) is 14.4. The summed E-state index contributed by atoms with van der Waals surface area (Å²) in [6.45, 7) is 0. The number of hydrogen-bond donors (Lipinski definition) is 0. The zero-order valence-electron chi connectivity index (χ0n) is 17.5. The van der Waals surface area contributed by atoms with E-state index in [1.807, 2.05) is 6.07 Å². The van der Waals surface area contributed by atoms with Crippen molar-refractivity contribution < 1.29 is 9.47 Å². The Balaban J connectivity index is 1.89. The van der Waals surface area contributed by atoms with Crippen LogP contribution < -0.4 is 14.8 Å². The quantitative estimate of drug-likeness (QED) is 0.553. The van der Waals surface area contributed by atoms with Gasteiger partial charge in [0.25, 0.3) is 0 Å². The normalized spacial score (nSPS) is 21.1. The van der Waals surface area contributed by atoms with Crippen molar-refractivity contribution in [2.45, 2.75) is 57.0 Å². The SMILES string of the molecule is COc1cccc(OC)c1-c1ccccc1[PH]1(C2CCCCC2)CCCCC1. The van der Waals surface area contributed by atoms with Crippen LogP contribution in [0.1, 0.15) is 51.4 Å². The number of rotatable bonds is 5. The van der Waals surface area contributed by atoms with Crippen LogP contribution in [0.2, 0.25) is 0 Å². The third-order valence-electron chi connectivity index (χ3n) is 7.29. The van der Waals surface area contributed by atoms with E-state index in [0.29, 0.717) is 0 Å². The van der Waals surface area contributed by atoms with E-state index in [0.717, 1.165) is 22.7 Å². The third-order valence-corrected chi connectivity index (χ3v) is 13.4. The van der Waals surface area contributed by atoms with Gasteiger partial charge in [-0.15, -0.1) is 0 Å². The minimum atomic E-state index is -1.57. The second-order valence-corrected chi connectivity index (χ2v) is 13.3. The van der Waals surface area contributed by atoms with Crippen LogP contribution >= 0.6 is 7.26 Å². The summed E-state index contributed by atoms with van der Waals surface area (Å²) in [4.78, 5) is 0. The summed E-state index contributed by atoms with van der Waals surface area (Å²) >= 11 is 0. The van der Waals surface area contributed by atoms with Crippen LogP contribution in [-0.2, 0) is 0 Å². The Kier molecular flexibility index (Phi) is 6.26. The standard InChI is InChI=1S/C25H35O2P/c1-26-22-15-11-16-23(27-2)25(22)21-14-7-8-17-24(21)28(18-9-4-10-19-28)20-12-5-3-6-13-20/h7-8,11,14-17,20,28H,3-6,9-10,12-13,18-19H2,1-2H3. The molecule has 2 aromatic rings. The van der Waals surface area contributed by atoms with E-state index >= 15 is 0 Å². The molecular formula is C25H35O2P. The van der Waals surface area contributed by atoms with Gasteiger partial charge in [-0.25, -0.2) is 0 Å². The second kappa shape index (κ2) is 8.87. The molecule has 2 nitrogen and oxygen atoms in total. The first-order valence-electron chi connectivity index (χ1n) is 11.1. The number of ether oxygens (including phenoxy) is 2. The van der Waals surface area contributed by atoms with Crippen LogP contribution in [0.3, 0.4) is 0 Å². The Morgan fingerprint density at radius 3 is 1.96 bits per heavy atom. The molecule has 1 heterocycles. The maximum atomic E-state index is 5.80. The first-order valence-corrected chi connectivity index (χ1v) is 13.6. The first kappa shape index (κ1) is 19.8. The van der Waals surface area contributed by atoms with E-state index in [1.165, 1.54) is 69.3 Å². The first-order chi connectivity index (χ1) is 13.8. The molecule has 1 aliphatic heterocycles. The molecule has 2 aliphatic rings. The van der Waals surface area contributed by atoms with Crippen molar-refractivity contribution in [1.29, 1.82) is 0 Å². The van der Waals surface area contributed by atoms with Crippen molar-refractivity contribution in [3.8, 4) is 22.6 Å². The van der Waals surface area contributed by atoms with Crippen LogP contribution in [0.4, 0.5) is 0 Å². The third kappa shape index (κ3) is 3.57. The van der Waals surface area contributed by atoms with Crippen LogP contribution in [0.5, 0.6) is 11.5 Å². The van der Waals surface area contributed by atoms with Gasteiger partial charge in [0.05, 0.1) is 0 Å². The van der Waals surface area contributed by atoms with Crippen LogP contribution in [0, 0.1) is 0 Å². The summed E-state index contributed by atoms with van der Waals surface area (Å²) in [5, 5.41) is 1.67. The minimum absolute atomic E-state index is 0.926. The molecule has 1 saturated carbocycles. The fourth-order valence-corrected chi connectivity index (χ4v) is 12.5. The molecule has 3 heteroatoms. The van der Waals surface area contributed by atoms with E-state index in [-0.39, 0.29) is 0 Å². The van der Waals surface area contributed by atoms with Gasteiger partial charge in [0.1, 0.15) is 0 Å². The van der Waals surface area contributed by atoms with E-state index in [1.54, 1.807) is 19.5 Å². The molecule has 0 N–H and O–H groups in total. The van der Waals surface area contributed by atoms with E-state index in [4.69, 9.17) is 9.47 Å². The molecule has 1 aliphatic carbocycles. The van der Waals surface area contributed by atoms with Crippen molar-refractivity contribution in [2.75, 3.05) is 26.5 Å². The Labute approximate surface area is 171 Å². The average Bonchev–Trinajstić information content (AvgIpc) is 2.79. The summed E-state index contributed by atoms with van der Waals surface area (Å²) in [6, 6.07) is 15.4. The molecule has 152 valence electrons. The van der Waals surface area contributed by atoms with Crippen LogP contribution in [0.25, 0.3) is 11.1 Å². The fourth-order valence-electron chi connectivity index (χ4n) is 5.99. The van der Waals surface area contributed by atoms with Crippen molar-refractivity contribution in [2.24, 2.45) is 0 Å². The Bertz CT molecular complexity index is 767. The molecule has 0 aromatic heterocycles. The van der Waals surface area contributed by atoms with Gasteiger partial charge in [-0.1, -0.05) is 0 Å². The molecule has 0 bridgehead atoms. The molecule has 2 aromatic carbocycles. The van der Waals surface area contributed by atoms with Crippen LogP contribution in [-0.4, -0.2) is 32.2 Å². The van der Waals surface area contributed by atoms with Gasteiger partial charge in [-0.3, -0.25) is 0 Å². The summed E-state index contributed by atoms with van der Waals surface area (Å²) < 4.78 is 11.6. The Morgan fingerprint density at radius 1 is 0.714 bits per heavy atom.